The molecule has 0 N–H and O–H groups in total. The smallest absolute Gasteiger partial charge is 0.145 e. The van der Waals surface area contributed by atoms with Crippen LogP contribution in [-0.4, -0.2) is 0 Å². The van der Waals surface area contributed by atoms with Gasteiger partial charge in [-0.2, -0.15) is 0 Å². The Morgan fingerprint density at radius 2 is 0.855 bits per heavy atom. The molecule has 12 rings (SSSR count). The molecule has 0 aliphatic heterocycles. The van der Waals surface area contributed by atoms with Crippen LogP contribution in [0.2, 0.25) is 0 Å². The standard InChI is InChI=1S/C60H39NO/c1-2-13-40(14-3-1)45-18-12-19-46(37-45)42-27-31-49(32-28-42)61(50-33-29-43(30-34-50)56-39-47-17-6-7-20-51(47)53-21-8-9-22-54(53)56)57-36-35-52(48-26-25-41-15-4-5-16-44(41)38-48)60-59(57)55-23-10-11-24-58(55)62-60/h1-39H. The van der Waals surface area contributed by atoms with Crippen LogP contribution in [0.15, 0.2) is 241 Å². The minimum Gasteiger partial charge on any atom is -0.455 e. The minimum absolute atomic E-state index is 0.865. The van der Waals surface area contributed by atoms with Crippen molar-refractivity contribution in [2.24, 2.45) is 0 Å². The lowest BCUT2D eigenvalue weighted by Crippen LogP contribution is -2.10. The summed E-state index contributed by atoms with van der Waals surface area (Å²) in [7, 11) is 0. The maximum Gasteiger partial charge on any atom is 0.145 e. The highest BCUT2D eigenvalue weighted by Crippen LogP contribution is 2.47. The van der Waals surface area contributed by atoms with E-state index in [4.69, 9.17) is 4.42 Å². The molecule has 290 valence electrons. The Kier molecular flexibility index (Phi) is 8.53. The zero-order valence-corrected chi connectivity index (χ0v) is 33.9. The van der Waals surface area contributed by atoms with Crippen LogP contribution in [-0.2, 0) is 0 Å². The van der Waals surface area contributed by atoms with Gasteiger partial charge in [-0.15, -0.1) is 0 Å². The Hall–Kier alpha value is -8.20. The van der Waals surface area contributed by atoms with E-state index in [1.165, 1.54) is 60.1 Å². The molecule has 12 aromatic rings. The highest BCUT2D eigenvalue weighted by Gasteiger charge is 2.23. The number of benzene rings is 11. The first-order valence-corrected chi connectivity index (χ1v) is 21.2. The Balaban J connectivity index is 1.03. The maximum atomic E-state index is 6.86. The molecule has 0 fully saturated rings. The summed E-state index contributed by atoms with van der Waals surface area (Å²) in [6, 6.07) is 85.4. The van der Waals surface area contributed by atoms with Crippen LogP contribution in [0, 0.1) is 0 Å². The van der Waals surface area contributed by atoms with E-state index < -0.39 is 0 Å². The Morgan fingerprint density at radius 3 is 1.61 bits per heavy atom. The van der Waals surface area contributed by atoms with Crippen LogP contribution in [0.25, 0.3) is 98.8 Å². The lowest BCUT2D eigenvalue weighted by atomic mass is 9.93. The van der Waals surface area contributed by atoms with Gasteiger partial charge in [0.1, 0.15) is 11.2 Å². The highest BCUT2D eigenvalue weighted by atomic mass is 16.3. The first kappa shape index (κ1) is 35.7. The lowest BCUT2D eigenvalue weighted by molar-refractivity contribution is 0.670. The predicted molar refractivity (Wildman–Crippen MR) is 263 cm³/mol. The van der Waals surface area contributed by atoms with E-state index in [1.54, 1.807) is 0 Å². The quantitative estimate of drug-likeness (QED) is 0.150. The fraction of sp³-hybridized carbons (Fsp3) is 0. The van der Waals surface area contributed by atoms with Crippen LogP contribution in [0.4, 0.5) is 17.1 Å². The van der Waals surface area contributed by atoms with Gasteiger partial charge in [0.15, 0.2) is 0 Å². The summed E-state index contributed by atoms with van der Waals surface area (Å²) in [4.78, 5) is 2.39. The molecule has 11 aromatic carbocycles. The minimum atomic E-state index is 0.865. The summed E-state index contributed by atoms with van der Waals surface area (Å²) >= 11 is 0. The van der Waals surface area contributed by atoms with Crippen molar-refractivity contribution < 1.29 is 4.42 Å². The third-order valence-corrected chi connectivity index (χ3v) is 12.4. The third-order valence-electron chi connectivity index (χ3n) is 12.4. The summed E-state index contributed by atoms with van der Waals surface area (Å²) in [6.07, 6.45) is 0. The van der Waals surface area contributed by atoms with Crippen molar-refractivity contribution in [3.63, 3.8) is 0 Å². The number of rotatable bonds is 7. The molecule has 0 aliphatic rings. The second kappa shape index (κ2) is 14.8. The van der Waals surface area contributed by atoms with Gasteiger partial charge in [0.05, 0.1) is 11.1 Å². The zero-order chi connectivity index (χ0) is 41.0. The molecule has 0 saturated heterocycles. The molecule has 2 nitrogen and oxygen atoms in total. The molecular weight excluding hydrogens is 751 g/mol. The number of hydrogen-bond acceptors (Lipinski definition) is 2. The van der Waals surface area contributed by atoms with Gasteiger partial charge in [-0.05, 0) is 132 Å². The van der Waals surface area contributed by atoms with Crippen molar-refractivity contribution in [2.45, 2.75) is 0 Å². The molecule has 0 aliphatic carbocycles. The monoisotopic (exact) mass is 789 g/mol. The molecule has 0 radical (unpaired) electrons. The average Bonchev–Trinajstić information content (AvgIpc) is 3.75. The SMILES string of the molecule is c1ccc(-c2cccc(-c3ccc(N(c4ccc(-c5cc6ccccc6c6ccccc56)cc4)c4ccc(-c5ccc6ccccc6c5)c5oc6ccccc6c45)cc3)c2)cc1. The summed E-state index contributed by atoms with van der Waals surface area (Å²) < 4.78 is 6.86. The molecule has 2 heteroatoms. The lowest BCUT2D eigenvalue weighted by Gasteiger charge is -2.27. The van der Waals surface area contributed by atoms with Gasteiger partial charge < -0.3 is 9.32 Å². The second-order valence-electron chi connectivity index (χ2n) is 16.1. The van der Waals surface area contributed by atoms with Crippen molar-refractivity contribution in [3.05, 3.63) is 237 Å². The van der Waals surface area contributed by atoms with Gasteiger partial charge in [-0.3, -0.25) is 0 Å². The molecule has 0 spiro atoms. The van der Waals surface area contributed by atoms with E-state index in [9.17, 15) is 0 Å². The number of anilines is 3. The number of furan rings is 1. The Morgan fingerprint density at radius 1 is 0.290 bits per heavy atom. The Bertz CT molecular complexity index is 3620. The largest absolute Gasteiger partial charge is 0.455 e. The summed E-state index contributed by atoms with van der Waals surface area (Å²) in [5.41, 5.74) is 14.3. The van der Waals surface area contributed by atoms with Crippen molar-refractivity contribution >= 4 is 71.3 Å². The summed E-state index contributed by atoms with van der Waals surface area (Å²) in [5.74, 6) is 0. The van der Waals surface area contributed by atoms with Crippen LogP contribution < -0.4 is 4.90 Å². The van der Waals surface area contributed by atoms with E-state index in [-0.39, 0.29) is 0 Å². The van der Waals surface area contributed by atoms with E-state index in [1.807, 2.05) is 0 Å². The number of nitrogens with zero attached hydrogens (tertiary/aromatic N) is 1. The van der Waals surface area contributed by atoms with Gasteiger partial charge in [0.2, 0.25) is 0 Å². The first-order valence-electron chi connectivity index (χ1n) is 21.2. The Labute approximate surface area is 360 Å². The average molecular weight is 790 g/mol. The number of para-hydroxylation sites is 1. The molecule has 0 unspecified atom stereocenters. The second-order valence-corrected chi connectivity index (χ2v) is 16.1. The number of hydrogen-bond donors (Lipinski definition) is 0. The first-order chi connectivity index (χ1) is 30.7. The molecule has 0 saturated carbocycles. The van der Waals surface area contributed by atoms with E-state index >= 15 is 0 Å². The van der Waals surface area contributed by atoms with Gasteiger partial charge in [0, 0.05) is 22.3 Å². The summed E-state index contributed by atoms with van der Waals surface area (Å²) in [5, 5.41) is 9.61. The van der Waals surface area contributed by atoms with Crippen molar-refractivity contribution in [1.82, 2.24) is 0 Å². The van der Waals surface area contributed by atoms with Crippen LogP contribution in [0.3, 0.4) is 0 Å². The summed E-state index contributed by atoms with van der Waals surface area (Å²) in [6.45, 7) is 0. The van der Waals surface area contributed by atoms with Crippen LogP contribution >= 0.6 is 0 Å². The fourth-order valence-electron chi connectivity index (χ4n) is 9.40. The van der Waals surface area contributed by atoms with Gasteiger partial charge in [0.25, 0.3) is 0 Å². The van der Waals surface area contributed by atoms with E-state index in [0.29, 0.717) is 0 Å². The van der Waals surface area contributed by atoms with Crippen molar-refractivity contribution in [3.8, 4) is 44.5 Å². The zero-order valence-electron chi connectivity index (χ0n) is 33.9. The number of fused-ring (bicyclic) bond motifs is 7. The predicted octanol–water partition coefficient (Wildman–Crippen LogP) is 17.2. The normalized spacial score (nSPS) is 11.5. The van der Waals surface area contributed by atoms with Gasteiger partial charge >= 0.3 is 0 Å². The van der Waals surface area contributed by atoms with Crippen LogP contribution in [0.5, 0.6) is 0 Å². The maximum absolute atomic E-state index is 6.86. The van der Waals surface area contributed by atoms with Crippen molar-refractivity contribution in [1.29, 1.82) is 0 Å². The molecule has 0 atom stereocenters. The molecule has 1 aromatic heterocycles. The molecule has 1 heterocycles. The molecular formula is C60H39NO. The molecule has 62 heavy (non-hydrogen) atoms. The molecule has 0 bridgehead atoms. The van der Waals surface area contributed by atoms with Gasteiger partial charge in [-0.1, -0.05) is 176 Å². The van der Waals surface area contributed by atoms with Gasteiger partial charge in [-0.25, -0.2) is 0 Å². The fourth-order valence-corrected chi connectivity index (χ4v) is 9.40. The molecule has 0 amide bonds. The highest BCUT2D eigenvalue weighted by molar-refractivity contribution is 6.18. The van der Waals surface area contributed by atoms with Crippen LogP contribution in [0.1, 0.15) is 0 Å². The van der Waals surface area contributed by atoms with Crippen molar-refractivity contribution in [2.75, 3.05) is 4.90 Å². The third kappa shape index (κ3) is 6.12. The van der Waals surface area contributed by atoms with E-state index in [2.05, 4.69) is 241 Å². The topological polar surface area (TPSA) is 16.4 Å². The van der Waals surface area contributed by atoms with E-state index in [0.717, 1.165) is 55.7 Å².